The van der Waals surface area contributed by atoms with Gasteiger partial charge < -0.3 is 15.2 Å². The van der Waals surface area contributed by atoms with E-state index in [1.807, 2.05) is 0 Å². The molecule has 9 nitrogen and oxygen atoms in total. The maximum absolute atomic E-state index is 15.3. The second-order valence-corrected chi connectivity index (χ2v) is 13.9. The molecule has 0 aromatic heterocycles. The number of benzene rings is 2. The highest BCUT2D eigenvalue weighted by Gasteiger charge is 2.37. The first-order valence-corrected chi connectivity index (χ1v) is 14.8. The molecule has 0 aliphatic rings. The molecule has 0 aliphatic carbocycles. The van der Waals surface area contributed by atoms with Crippen molar-refractivity contribution in [3.63, 3.8) is 0 Å². The molecule has 0 aliphatic heterocycles. The molecule has 3 N–H and O–H groups in total. The molecule has 0 amide bonds. The summed E-state index contributed by atoms with van der Waals surface area (Å²) in [5.41, 5.74) is 3.78. The van der Waals surface area contributed by atoms with Crippen LogP contribution < -0.4 is 15.2 Å². The number of sulfonamides is 1. The van der Waals surface area contributed by atoms with Crippen LogP contribution in [0, 0.1) is 24.4 Å². The van der Waals surface area contributed by atoms with Gasteiger partial charge in [0.1, 0.15) is 11.4 Å². The molecular formula is C24H31F3N2O7S2. The van der Waals surface area contributed by atoms with Gasteiger partial charge in [-0.1, -0.05) is 13.8 Å². The van der Waals surface area contributed by atoms with E-state index in [-0.39, 0.29) is 41.5 Å². The highest BCUT2D eigenvalue weighted by Crippen LogP contribution is 2.38. The fraction of sp³-hybridized carbons (Fsp3) is 0.458. The summed E-state index contributed by atoms with van der Waals surface area (Å²) in [7, 11) is -8.95. The van der Waals surface area contributed by atoms with Gasteiger partial charge >= 0.3 is 5.97 Å². The van der Waals surface area contributed by atoms with Gasteiger partial charge in [0, 0.05) is 17.3 Å². The van der Waals surface area contributed by atoms with Crippen molar-refractivity contribution in [2.75, 3.05) is 16.2 Å². The molecule has 0 fully saturated rings. The van der Waals surface area contributed by atoms with Gasteiger partial charge in [-0.3, -0.25) is 4.72 Å². The molecule has 0 radical (unpaired) electrons. The number of carbonyl (C=O) groups excluding carboxylic acids is 1. The maximum Gasteiger partial charge on any atom is 0.341 e. The normalized spacial score (nSPS) is 13.2. The molecule has 212 valence electrons. The van der Waals surface area contributed by atoms with Crippen LogP contribution in [-0.4, -0.2) is 38.7 Å². The number of anilines is 2. The van der Waals surface area contributed by atoms with Gasteiger partial charge in [-0.25, -0.2) is 30.4 Å². The van der Waals surface area contributed by atoms with Crippen molar-refractivity contribution in [2.45, 2.75) is 64.6 Å². The van der Waals surface area contributed by atoms with E-state index in [0.717, 1.165) is 0 Å². The quantitative estimate of drug-likeness (QED) is 0.226. The molecule has 0 saturated heterocycles. The Labute approximate surface area is 220 Å². The van der Waals surface area contributed by atoms with E-state index in [1.54, 1.807) is 25.5 Å². The minimum Gasteiger partial charge on any atom is -0.456 e. The van der Waals surface area contributed by atoms with E-state index < -0.39 is 70.7 Å². The number of hydrogen-bond acceptors (Lipinski definition) is 8. The number of rotatable bonds is 10. The van der Waals surface area contributed by atoms with E-state index in [4.69, 9.17) is 15.2 Å². The van der Waals surface area contributed by atoms with Gasteiger partial charge in [0.2, 0.25) is 21.6 Å². The van der Waals surface area contributed by atoms with E-state index in [9.17, 15) is 30.4 Å². The number of ether oxygens (including phenoxy) is 2. The molecule has 1 atom stereocenters. The lowest BCUT2D eigenvalue weighted by atomic mass is 10.0. The van der Waals surface area contributed by atoms with Gasteiger partial charge in [0.25, 0.3) is 0 Å². The van der Waals surface area contributed by atoms with Crippen molar-refractivity contribution >= 4 is 37.2 Å². The lowest BCUT2D eigenvalue weighted by molar-refractivity contribution is 0.00696. The number of nitrogens with two attached hydrogens (primary N) is 1. The van der Waals surface area contributed by atoms with Crippen LogP contribution in [0.4, 0.5) is 24.5 Å². The average molecular weight is 581 g/mol. The van der Waals surface area contributed by atoms with Crippen molar-refractivity contribution < 1.29 is 44.3 Å². The first kappa shape index (κ1) is 31.2. The second kappa shape index (κ2) is 11.4. The first-order chi connectivity index (χ1) is 17.4. The molecule has 0 bridgehead atoms. The fourth-order valence-electron chi connectivity index (χ4n) is 3.58. The Morgan fingerprint density at radius 3 is 2.21 bits per heavy atom. The molecule has 1 unspecified atom stereocenters. The zero-order chi connectivity index (χ0) is 29.2. The third-order valence-electron chi connectivity index (χ3n) is 5.20. The van der Waals surface area contributed by atoms with Crippen LogP contribution >= 0.6 is 0 Å². The van der Waals surface area contributed by atoms with Gasteiger partial charge in [-0.15, -0.1) is 0 Å². The first-order valence-electron chi connectivity index (χ1n) is 11.6. The Balaban J connectivity index is 2.57. The van der Waals surface area contributed by atoms with Crippen molar-refractivity contribution in [1.29, 1.82) is 0 Å². The number of halogens is 3. The molecule has 38 heavy (non-hydrogen) atoms. The maximum atomic E-state index is 15.3. The molecule has 14 heteroatoms. The molecule has 2 rings (SSSR count). The van der Waals surface area contributed by atoms with Crippen molar-refractivity contribution in [3.05, 3.63) is 46.8 Å². The van der Waals surface area contributed by atoms with Gasteiger partial charge in [-0.2, -0.15) is 4.39 Å². The summed E-state index contributed by atoms with van der Waals surface area (Å²) < 4.78 is 105. The minimum atomic E-state index is -4.80. The summed E-state index contributed by atoms with van der Waals surface area (Å²) in [6, 6.07) is 2.62. The number of sulfone groups is 1. The predicted octanol–water partition coefficient (Wildman–Crippen LogP) is 5.04. The van der Waals surface area contributed by atoms with E-state index in [2.05, 4.69) is 0 Å². The number of nitrogens with one attached hydrogen (secondary N) is 1. The Bertz CT molecular complexity index is 1440. The molecule has 0 saturated carbocycles. The van der Waals surface area contributed by atoms with Crippen LogP contribution in [0.5, 0.6) is 11.5 Å². The summed E-state index contributed by atoms with van der Waals surface area (Å²) >= 11 is 0. The van der Waals surface area contributed by atoms with Crippen LogP contribution in [0.1, 0.15) is 63.4 Å². The molecule has 2 aromatic rings. The van der Waals surface area contributed by atoms with Crippen LogP contribution in [0.3, 0.4) is 0 Å². The Kier molecular flexibility index (Phi) is 9.36. The van der Waals surface area contributed by atoms with Crippen LogP contribution in [-0.2, 0) is 24.6 Å². The molecule has 2 aromatic carbocycles. The Hall–Kier alpha value is -3.00. The summed E-state index contributed by atoms with van der Waals surface area (Å²) in [5, 5.41) is 0. The smallest absolute Gasteiger partial charge is 0.341 e. The largest absolute Gasteiger partial charge is 0.456 e. The third-order valence-corrected chi connectivity index (χ3v) is 10.5. The van der Waals surface area contributed by atoms with E-state index >= 15 is 4.39 Å². The van der Waals surface area contributed by atoms with Crippen molar-refractivity contribution in [3.8, 4) is 11.5 Å². The lowest BCUT2D eigenvalue weighted by Crippen LogP contribution is -2.36. The number of esters is 1. The zero-order valence-corrected chi connectivity index (χ0v) is 23.4. The fourth-order valence-corrected chi connectivity index (χ4v) is 7.92. The van der Waals surface area contributed by atoms with E-state index in [0.29, 0.717) is 0 Å². The SMILES string of the molecule is CCCS(=O)(=O)C(CC)S(=O)(=O)Nc1cc(F)c(F)c(Oc2ccc(N)c(C(=O)OC(C)(C)C)c2C)c1F. The predicted molar refractivity (Wildman–Crippen MR) is 138 cm³/mol. The number of carbonyl (C=O) groups is 1. The summed E-state index contributed by atoms with van der Waals surface area (Å²) in [6.07, 6.45) is -0.234. The number of hydrogen-bond donors (Lipinski definition) is 2. The standard InChI is InChI=1S/C24H31F3N2O7S2/c1-7-11-37(31,32)18(8-2)38(33,34)29-16-12-14(25)20(26)22(21(16)27)35-17-10-9-15(28)19(13(17)3)23(30)36-24(4,5)6/h9-10,12,18,29H,7-8,11,28H2,1-6H3. The molecule has 0 heterocycles. The monoisotopic (exact) mass is 580 g/mol. The van der Waals surface area contributed by atoms with Crippen LogP contribution in [0.25, 0.3) is 0 Å². The second-order valence-electron chi connectivity index (χ2n) is 9.47. The highest BCUT2D eigenvalue weighted by atomic mass is 32.3. The van der Waals surface area contributed by atoms with Crippen LogP contribution in [0.15, 0.2) is 18.2 Å². The van der Waals surface area contributed by atoms with Crippen molar-refractivity contribution in [1.82, 2.24) is 0 Å². The summed E-state index contributed by atoms with van der Waals surface area (Å²) in [5.74, 6) is -8.02. The third kappa shape index (κ3) is 6.90. The zero-order valence-electron chi connectivity index (χ0n) is 21.8. The van der Waals surface area contributed by atoms with Crippen LogP contribution in [0.2, 0.25) is 0 Å². The Morgan fingerprint density at radius 1 is 1.08 bits per heavy atom. The van der Waals surface area contributed by atoms with Gasteiger partial charge in [-0.05, 0) is 52.7 Å². The van der Waals surface area contributed by atoms with Gasteiger partial charge in [0.05, 0.1) is 17.0 Å². The summed E-state index contributed by atoms with van der Waals surface area (Å²) in [6.45, 7) is 9.05. The molecular weight excluding hydrogens is 549 g/mol. The average Bonchev–Trinajstić information content (AvgIpc) is 2.75. The van der Waals surface area contributed by atoms with E-state index in [1.165, 1.54) is 32.9 Å². The Morgan fingerprint density at radius 2 is 1.68 bits per heavy atom. The van der Waals surface area contributed by atoms with Crippen molar-refractivity contribution in [2.24, 2.45) is 0 Å². The van der Waals surface area contributed by atoms with Gasteiger partial charge in [0.15, 0.2) is 26.1 Å². The lowest BCUT2D eigenvalue weighted by Gasteiger charge is -2.22. The molecule has 0 spiro atoms. The summed E-state index contributed by atoms with van der Waals surface area (Å²) in [4.78, 5) is 12.6. The topological polar surface area (TPSA) is 142 Å². The number of nitrogen functional groups attached to an aromatic ring is 1. The highest BCUT2D eigenvalue weighted by molar-refractivity contribution is 8.09. The minimum absolute atomic E-state index is 0.0150.